The van der Waals surface area contributed by atoms with Crippen molar-refractivity contribution >= 4 is 11.9 Å². The lowest BCUT2D eigenvalue weighted by atomic mass is 9.83. The molecule has 0 spiro atoms. The van der Waals surface area contributed by atoms with Gasteiger partial charge in [-0.15, -0.1) is 0 Å². The van der Waals surface area contributed by atoms with E-state index in [2.05, 4.69) is 5.32 Å². The second-order valence-corrected chi connectivity index (χ2v) is 6.29. The molecular weight excluding hydrogens is 298 g/mol. The van der Waals surface area contributed by atoms with Crippen molar-refractivity contribution in [3.63, 3.8) is 0 Å². The van der Waals surface area contributed by atoms with Crippen LogP contribution in [0.15, 0.2) is 18.2 Å². The highest BCUT2D eigenvalue weighted by molar-refractivity contribution is 5.87. The second kappa shape index (κ2) is 6.89. The molecule has 1 heterocycles. The Balaban J connectivity index is 2.07. The molecule has 1 aliphatic rings. The minimum Gasteiger partial charge on any atom is -0.486 e. The fourth-order valence-electron chi connectivity index (χ4n) is 2.38. The van der Waals surface area contributed by atoms with E-state index in [0.29, 0.717) is 31.1 Å². The van der Waals surface area contributed by atoms with Crippen LogP contribution in [0.3, 0.4) is 0 Å². The maximum absolute atomic E-state index is 12.6. The van der Waals surface area contributed by atoms with Gasteiger partial charge in [-0.2, -0.15) is 0 Å². The van der Waals surface area contributed by atoms with E-state index in [1.807, 2.05) is 32.0 Å². The Morgan fingerprint density at radius 2 is 1.91 bits per heavy atom. The van der Waals surface area contributed by atoms with Gasteiger partial charge in [-0.05, 0) is 44.9 Å². The third-order valence-electron chi connectivity index (χ3n) is 4.00. The van der Waals surface area contributed by atoms with Crippen molar-refractivity contribution in [3.8, 4) is 11.5 Å². The smallest absolute Gasteiger partial charge is 0.303 e. The first kappa shape index (κ1) is 17.1. The molecule has 6 nitrogen and oxygen atoms in total. The van der Waals surface area contributed by atoms with E-state index in [1.54, 1.807) is 6.92 Å². The minimum absolute atomic E-state index is 0.0336. The van der Waals surface area contributed by atoms with Gasteiger partial charge >= 0.3 is 5.97 Å². The molecule has 2 rings (SSSR count). The van der Waals surface area contributed by atoms with Crippen LogP contribution >= 0.6 is 0 Å². The Morgan fingerprint density at radius 3 is 2.57 bits per heavy atom. The third kappa shape index (κ3) is 4.15. The van der Waals surface area contributed by atoms with Crippen molar-refractivity contribution in [1.29, 1.82) is 0 Å². The Kier molecular flexibility index (Phi) is 5.13. The van der Waals surface area contributed by atoms with Crippen molar-refractivity contribution in [2.75, 3.05) is 13.2 Å². The van der Waals surface area contributed by atoms with Gasteiger partial charge in [0, 0.05) is 12.5 Å². The van der Waals surface area contributed by atoms with Gasteiger partial charge in [0.2, 0.25) is 5.91 Å². The molecule has 1 aromatic carbocycles. The Bertz CT molecular complexity index is 597. The number of carbonyl (C=O) groups is 2. The summed E-state index contributed by atoms with van der Waals surface area (Å²) in [7, 11) is 0. The molecule has 0 bridgehead atoms. The lowest BCUT2D eigenvalue weighted by Gasteiger charge is -2.28. The molecule has 1 atom stereocenters. The van der Waals surface area contributed by atoms with Gasteiger partial charge in [0.05, 0.1) is 5.41 Å². The first-order chi connectivity index (χ1) is 10.8. The van der Waals surface area contributed by atoms with Gasteiger partial charge in [0.25, 0.3) is 0 Å². The Hall–Kier alpha value is -2.24. The average Bonchev–Trinajstić information content (AvgIpc) is 2.52. The van der Waals surface area contributed by atoms with Gasteiger partial charge in [-0.1, -0.05) is 6.07 Å². The number of amides is 1. The summed E-state index contributed by atoms with van der Waals surface area (Å²) in [6.45, 7) is 6.49. The summed E-state index contributed by atoms with van der Waals surface area (Å²) in [5, 5.41) is 11.6. The SMILES string of the molecule is CC(CCC(=O)O)NC(=O)C(C)(C)c1ccc2c(c1)OCCO2. The first-order valence-corrected chi connectivity index (χ1v) is 7.73. The van der Waals surface area contributed by atoms with Gasteiger partial charge in [-0.3, -0.25) is 9.59 Å². The molecule has 1 unspecified atom stereocenters. The highest BCUT2D eigenvalue weighted by atomic mass is 16.6. The molecule has 126 valence electrons. The predicted molar refractivity (Wildman–Crippen MR) is 84.9 cm³/mol. The number of carbonyl (C=O) groups excluding carboxylic acids is 1. The number of nitrogens with one attached hydrogen (secondary N) is 1. The fraction of sp³-hybridized carbons (Fsp3) is 0.529. The summed E-state index contributed by atoms with van der Waals surface area (Å²) in [6, 6.07) is 5.30. The maximum atomic E-state index is 12.6. The fourth-order valence-corrected chi connectivity index (χ4v) is 2.38. The number of hydrogen-bond donors (Lipinski definition) is 2. The molecule has 2 N–H and O–H groups in total. The number of hydrogen-bond acceptors (Lipinski definition) is 4. The molecule has 6 heteroatoms. The lowest BCUT2D eigenvalue weighted by molar-refractivity contribution is -0.137. The molecule has 0 saturated heterocycles. The zero-order chi connectivity index (χ0) is 17.0. The van der Waals surface area contributed by atoms with Gasteiger partial charge < -0.3 is 19.9 Å². The summed E-state index contributed by atoms with van der Waals surface area (Å²) in [5.74, 6) is 0.323. The molecular formula is C17H23NO5. The van der Waals surface area contributed by atoms with E-state index in [4.69, 9.17) is 14.6 Å². The van der Waals surface area contributed by atoms with Crippen LogP contribution < -0.4 is 14.8 Å². The summed E-state index contributed by atoms with van der Waals surface area (Å²) in [4.78, 5) is 23.2. The molecule has 0 radical (unpaired) electrons. The van der Waals surface area contributed by atoms with Crippen molar-refractivity contribution < 1.29 is 24.2 Å². The zero-order valence-electron chi connectivity index (χ0n) is 13.7. The monoisotopic (exact) mass is 321 g/mol. The van der Waals surface area contributed by atoms with Crippen molar-refractivity contribution in [3.05, 3.63) is 23.8 Å². The number of benzene rings is 1. The largest absolute Gasteiger partial charge is 0.486 e. The van der Waals surface area contributed by atoms with E-state index >= 15 is 0 Å². The third-order valence-corrected chi connectivity index (χ3v) is 4.00. The van der Waals surface area contributed by atoms with E-state index in [0.717, 1.165) is 5.56 Å². The maximum Gasteiger partial charge on any atom is 0.303 e. The summed E-state index contributed by atoms with van der Waals surface area (Å²) < 4.78 is 11.1. The summed E-state index contributed by atoms with van der Waals surface area (Å²) in [6.07, 6.45) is 0.435. The number of fused-ring (bicyclic) bond motifs is 1. The van der Waals surface area contributed by atoms with E-state index in [1.165, 1.54) is 0 Å². The predicted octanol–water partition coefficient (Wildman–Crippen LogP) is 2.10. The lowest BCUT2D eigenvalue weighted by Crippen LogP contribution is -2.44. The molecule has 1 aromatic rings. The van der Waals surface area contributed by atoms with Crippen LogP contribution in [0.5, 0.6) is 11.5 Å². The van der Waals surface area contributed by atoms with Crippen LogP contribution in [0.4, 0.5) is 0 Å². The number of carboxylic acids is 1. The molecule has 0 saturated carbocycles. The number of rotatable bonds is 6. The van der Waals surface area contributed by atoms with Crippen LogP contribution in [0.2, 0.25) is 0 Å². The molecule has 0 fully saturated rings. The van der Waals surface area contributed by atoms with Gasteiger partial charge in [0.15, 0.2) is 11.5 Å². The summed E-state index contributed by atoms with van der Waals surface area (Å²) >= 11 is 0. The number of ether oxygens (including phenoxy) is 2. The molecule has 23 heavy (non-hydrogen) atoms. The molecule has 0 aromatic heterocycles. The van der Waals surface area contributed by atoms with Crippen LogP contribution in [-0.4, -0.2) is 36.2 Å². The minimum atomic E-state index is -0.864. The number of aliphatic carboxylic acids is 1. The Morgan fingerprint density at radius 1 is 1.26 bits per heavy atom. The Labute approximate surface area is 135 Å². The van der Waals surface area contributed by atoms with Crippen molar-refractivity contribution in [1.82, 2.24) is 5.32 Å². The molecule has 0 aliphatic carbocycles. The second-order valence-electron chi connectivity index (χ2n) is 6.29. The van der Waals surface area contributed by atoms with E-state index < -0.39 is 11.4 Å². The van der Waals surface area contributed by atoms with Gasteiger partial charge in [-0.25, -0.2) is 0 Å². The normalized spacial score (nSPS) is 14.9. The molecule has 1 aliphatic heterocycles. The topological polar surface area (TPSA) is 84.9 Å². The summed E-state index contributed by atoms with van der Waals surface area (Å²) in [5.41, 5.74) is 0.0672. The highest BCUT2D eigenvalue weighted by Gasteiger charge is 2.32. The van der Waals surface area contributed by atoms with E-state index in [-0.39, 0.29) is 18.4 Å². The van der Waals surface area contributed by atoms with Crippen LogP contribution in [0.1, 0.15) is 39.2 Å². The first-order valence-electron chi connectivity index (χ1n) is 7.73. The number of carboxylic acid groups (broad SMARTS) is 1. The van der Waals surface area contributed by atoms with Gasteiger partial charge in [0.1, 0.15) is 13.2 Å². The standard InChI is InChI=1S/C17H23NO5/c1-11(4-7-15(19)20)18-16(21)17(2,3)12-5-6-13-14(10-12)23-9-8-22-13/h5-6,10-11H,4,7-9H2,1-3H3,(H,18,21)(H,19,20). The van der Waals surface area contributed by atoms with Crippen molar-refractivity contribution in [2.24, 2.45) is 0 Å². The highest BCUT2D eigenvalue weighted by Crippen LogP contribution is 2.35. The van der Waals surface area contributed by atoms with Crippen LogP contribution in [0, 0.1) is 0 Å². The molecule has 1 amide bonds. The van der Waals surface area contributed by atoms with Crippen LogP contribution in [0.25, 0.3) is 0 Å². The quantitative estimate of drug-likeness (QED) is 0.838. The van der Waals surface area contributed by atoms with E-state index in [9.17, 15) is 9.59 Å². The van der Waals surface area contributed by atoms with Crippen molar-refractivity contribution in [2.45, 2.75) is 45.1 Å². The zero-order valence-corrected chi connectivity index (χ0v) is 13.7. The average molecular weight is 321 g/mol. The van der Waals surface area contributed by atoms with Crippen LogP contribution in [-0.2, 0) is 15.0 Å².